The number of imidazole rings is 1. The van der Waals surface area contributed by atoms with Crippen LogP contribution in [0.4, 0.5) is 5.69 Å². The van der Waals surface area contributed by atoms with E-state index in [-0.39, 0.29) is 29.9 Å². The lowest BCUT2D eigenvalue weighted by atomic mass is 10.0. The number of nitrogens with zero attached hydrogens (tertiary/aromatic N) is 3. The van der Waals surface area contributed by atoms with Gasteiger partial charge in [0.05, 0.1) is 6.33 Å². The molecule has 0 bridgehead atoms. The average molecular weight is 354 g/mol. The first kappa shape index (κ1) is 16.8. The van der Waals surface area contributed by atoms with Crippen molar-refractivity contribution < 1.29 is 14.3 Å². The summed E-state index contributed by atoms with van der Waals surface area (Å²) in [6.07, 6.45) is 3.51. The van der Waals surface area contributed by atoms with Gasteiger partial charge < -0.3 is 19.4 Å². The second-order valence-corrected chi connectivity index (χ2v) is 6.69. The molecule has 1 N–H and O–H groups in total. The summed E-state index contributed by atoms with van der Waals surface area (Å²) in [4.78, 5) is 25.8. The zero-order valence-electron chi connectivity index (χ0n) is 14.9. The summed E-state index contributed by atoms with van der Waals surface area (Å²) >= 11 is 0. The van der Waals surface area contributed by atoms with E-state index >= 15 is 0 Å². The fraction of sp³-hybridized carbons (Fsp3) is 0.421. The Morgan fingerprint density at radius 2 is 2.38 bits per heavy atom. The van der Waals surface area contributed by atoms with Crippen molar-refractivity contribution in [1.29, 1.82) is 0 Å². The molecule has 7 heteroatoms. The molecule has 2 aromatic rings. The number of carbonyl (C=O) groups is 1. The maximum absolute atomic E-state index is 12.3. The van der Waals surface area contributed by atoms with Crippen molar-refractivity contribution in [3.8, 4) is 5.75 Å². The summed E-state index contributed by atoms with van der Waals surface area (Å²) in [5.74, 6) is 1.10. The Balaban J connectivity index is 1.72. The van der Waals surface area contributed by atoms with Gasteiger partial charge in [-0.05, 0) is 31.8 Å². The van der Waals surface area contributed by atoms with Crippen LogP contribution in [-0.4, -0.2) is 55.0 Å². The summed E-state index contributed by atoms with van der Waals surface area (Å²) in [7, 11) is 1.52. The van der Waals surface area contributed by atoms with E-state index in [0.717, 1.165) is 22.7 Å². The zero-order valence-corrected chi connectivity index (χ0v) is 14.9. The van der Waals surface area contributed by atoms with Crippen LogP contribution in [0.1, 0.15) is 30.0 Å². The number of ether oxygens (including phenoxy) is 2. The van der Waals surface area contributed by atoms with E-state index < -0.39 is 0 Å². The molecule has 26 heavy (non-hydrogen) atoms. The minimum absolute atomic E-state index is 0.0553. The van der Waals surface area contributed by atoms with Gasteiger partial charge in [-0.1, -0.05) is 0 Å². The quantitative estimate of drug-likeness (QED) is 0.806. The van der Waals surface area contributed by atoms with E-state index in [1.807, 2.05) is 31.3 Å². The number of aliphatic imine (C=N–C) groups is 1. The number of likely N-dealkylation sites (N-methyl/N-ethyl adjacent to an activating group) is 1. The van der Waals surface area contributed by atoms with Gasteiger partial charge in [0.1, 0.15) is 24.5 Å². The highest BCUT2D eigenvalue weighted by Gasteiger charge is 2.69. The van der Waals surface area contributed by atoms with Crippen LogP contribution in [0.15, 0.2) is 35.7 Å². The van der Waals surface area contributed by atoms with Crippen molar-refractivity contribution in [3.05, 3.63) is 42.0 Å². The van der Waals surface area contributed by atoms with Gasteiger partial charge in [0.25, 0.3) is 5.91 Å². The van der Waals surface area contributed by atoms with Gasteiger partial charge >= 0.3 is 0 Å². The van der Waals surface area contributed by atoms with Crippen molar-refractivity contribution >= 4 is 18.3 Å². The van der Waals surface area contributed by atoms with Crippen LogP contribution in [-0.2, 0) is 9.53 Å². The molecule has 0 radical (unpaired) electrons. The number of aromatic amines is 1. The van der Waals surface area contributed by atoms with Gasteiger partial charge in [-0.25, -0.2) is 4.98 Å². The van der Waals surface area contributed by atoms with Crippen molar-refractivity contribution in [3.63, 3.8) is 0 Å². The lowest BCUT2D eigenvalue weighted by molar-refractivity contribution is -0.122. The Morgan fingerprint density at radius 1 is 1.54 bits per heavy atom. The SMILES string of the molecule is C=N[C@]12COc3ccc(N(CC)C(=O)COC)cc3[C@H]1[C@@H]2c1cnc[nH]1. The summed E-state index contributed by atoms with van der Waals surface area (Å²) in [6, 6.07) is 5.88. The van der Waals surface area contributed by atoms with Gasteiger partial charge in [-0.15, -0.1) is 0 Å². The van der Waals surface area contributed by atoms with Gasteiger partial charge in [0.15, 0.2) is 0 Å². The number of methoxy groups -OCH3 is 1. The van der Waals surface area contributed by atoms with Crippen LogP contribution < -0.4 is 9.64 Å². The molecular formula is C19H22N4O3. The Hall–Kier alpha value is -2.67. The molecule has 1 fully saturated rings. The number of nitrogens with one attached hydrogen (secondary N) is 1. The van der Waals surface area contributed by atoms with Gasteiger partial charge in [-0.3, -0.25) is 9.79 Å². The third-order valence-electron chi connectivity index (χ3n) is 5.43. The van der Waals surface area contributed by atoms with Gasteiger partial charge in [-0.2, -0.15) is 0 Å². The number of amides is 1. The van der Waals surface area contributed by atoms with Crippen molar-refractivity contribution in [2.45, 2.75) is 24.3 Å². The molecule has 136 valence electrons. The predicted molar refractivity (Wildman–Crippen MR) is 98.2 cm³/mol. The van der Waals surface area contributed by atoms with Crippen LogP contribution in [0, 0.1) is 0 Å². The smallest absolute Gasteiger partial charge is 0.252 e. The molecular weight excluding hydrogens is 332 g/mol. The predicted octanol–water partition coefficient (Wildman–Crippen LogP) is 2.12. The molecule has 0 saturated heterocycles. The summed E-state index contributed by atoms with van der Waals surface area (Å²) in [5, 5.41) is 0. The Labute approximate surface area is 152 Å². The highest BCUT2D eigenvalue weighted by atomic mass is 16.5. The van der Waals surface area contributed by atoms with E-state index in [1.165, 1.54) is 7.11 Å². The minimum atomic E-state index is -0.369. The number of fused-ring (bicyclic) bond motifs is 3. The first-order chi connectivity index (χ1) is 12.7. The molecule has 2 aliphatic rings. The van der Waals surface area contributed by atoms with E-state index in [9.17, 15) is 4.79 Å². The number of H-pyrrole nitrogens is 1. The number of hydrogen-bond donors (Lipinski definition) is 1. The molecule has 1 amide bonds. The van der Waals surface area contributed by atoms with Crippen LogP contribution >= 0.6 is 0 Å². The van der Waals surface area contributed by atoms with Gasteiger partial charge in [0.2, 0.25) is 0 Å². The number of aromatic nitrogens is 2. The molecule has 0 spiro atoms. The van der Waals surface area contributed by atoms with E-state index in [4.69, 9.17) is 9.47 Å². The van der Waals surface area contributed by atoms with Crippen molar-refractivity contribution in [2.24, 2.45) is 4.99 Å². The highest BCUT2D eigenvalue weighted by Crippen LogP contribution is 2.69. The maximum atomic E-state index is 12.3. The molecule has 0 unspecified atom stereocenters. The van der Waals surface area contributed by atoms with E-state index in [2.05, 4.69) is 21.7 Å². The monoisotopic (exact) mass is 354 g/mol. The Bertz CT molecular complexity index is 835. The first-order valence-corrected chi connectivity index (χ1v) is 8.68. The molecule has 7 nitrogen and oxygen atoms in total. The van der Waals surface area contributed by atoms with Crippen LogP contribution in [0.5, 0.6) is 5.75 Å². The summed E-state index contributed by atoms with van der Waals surface area (Å²) < 4.78 is 11.0. The largest absolute Gasteiger partial charge is 0.491 e. The van der Waals surface area contributed by atoms with Crippen LogP contribution in [0.25, 0.3) is 0 Å². The Kier molecular flexibility index (Phi) is 4.03. The van der Waals surface area contributed by atoms with Crippen molar-refractivity contribution in [2.75, 3.05) is 31.8 Å². The molecule has 1 aliphatic carbocycles. The first-order valence-electron chi connectivity index (χ1n) is 8.68. The number of benzene rings is 1. The molecule has 1 saturated carbocycles. The summed E-state index contributed by atoms with van der Waals surface area (Å²) in [6.45, 7) is 6.88. The third-order valence-corrected chi connectivity index (χ3v) is 5.43. The van der Waals surface area contributed by atoms with Crippen LogP contribution in [0.3, 0.4) is 0 Å². The molecule has 2 heterocycles. The van der Waals surface area contributed by atoms with Crippen molar-refractivity contribution in [1.82, 2.24) is 9.97 Å². The van der Waals surface area contributed by atoms with E-state index in [0.29, 0.717) is 13.2 Å². The standard InChI is InChI=1S/C19H22N4O3/c1-4-23(16(24)9-25-3)12-5-6-15-13(7-12)17-18(14-8-21-11-22-14)19(17,20-2)10-26-15/h5-8,11,17-18H,2,4,9-10H2,1,3H3,(H,21,22)/t17-,18-,19+/m0/s1. The number of rotatable bonds is 6. The highest BCUT2D eigenvalue weighted by molar-refractivity contribution is 5.94. The number of anilines is 1. The molecule has 1 aliphatic heterocycles. The lowest BCUT2D eigenvalue weighted by Crippen LogP contribution is -2.33. The average Bonchev–Trinajstić information content (AvgIpc) is 3.04. The lowest BCUT2D eigenvalue weighted by Gasteiger charge is -2.25. The second kappa shape index (κ2) is 6.25. The normalized spacial score (nSPS) is 25.6. The summed E-state index contributed by atoms with van der Waals surface area (Å²) in [5.41, 5.74) is 2.56. The topological polar surface area (TPSA) is 79.8 Å². The fourth-order valence-corrected chi connectivity index (χ4v) is 4.16. The third kappa shape index (κ3) is 2.34. The Morgan fingerprint density at radius 3 is 3.04 bits per heavy atom. The molecule has 1 aromatic carbocycles. The number of carbonyl (C=O) groups excluding carboxylic acids is 1. The second-order valence-electron chi connectivity index (χ2n) is 6.69. The maximum Gasteiger partial charge on any atom is 0.252 e. The fourth-order valence-electron chi connectivity index (χ4n) is 4.16. The van der Waals surface area contributed by atoms with Crippen LogP contribution in [0.2, 0.25) is 0 Å². The minimum Gasteiger partial charge on any atom is -0.491 e. The van der Waals surface area contributed by atoms with Gasteiger partial charge in [0, 0.05) is 48.6 Å². The molecule has 3 atom stereocenters. The zero-order chi connectivity index (χ0) is 18.3. The molecule has 1 aromatic heterocycles. The molecule has 4 rings (SSSR count). The number of hydrogen-bond acceptors (Lipinski definition) is 5. The van der Waals surface area contributed by atoms with E-state index in [1.54, 1.807) is 11.2 Å².